The highest BCUT2D eigenvalue weighted by Crippen LogP contribution is 2.26. The number of urea groups is 1. The minimum atomic E-state index is -0.388. The van der Waals surface area contributed by atoms with Gasteiger partial charge in [0.2, 0.25) is 5.78 Å². The lowest BCUT2D eigenvalue weighted by atomic mass is 10.0. The zero-order valence-corrected chi connectivity index (χ0v) is 16.7. The standard InChI is InChI=1S/C22H24FN5O2/c23-19-4-3-16(25-22(29)27-7-1-2-8-27)12-18(19)20-5-9-28-17(13-24-21(28)26-20)11-15-6-10-30-14-15/h3-5,9,12-13,15H,1-2,6-8,10-11,14H2,(H,25,29). The number of likely N-dealkylation sites (tertiary alicyclic amines) is 1. The molecule has 2 saturated heterocycles. The zero-order chi connectivity index (χ0) is 20.5. The first-order chi connectivity index (χ1) is 14.7. The smallest absolute Gasteiger partial charge is 0.321 e. The van der Waals surface area contributed by atoms with E-state index in [0.717, 1.165) is 57.7 Å². The summed E-state index contributed by atoms with van der Waals surface area (Å²) in [7, 11) is 0. The molecule has 0 radical (unpaired) electrons. The lowest BCUT2D eigenvalue weighted by Gasteiger charge is -2.16. The molecule has 2 aliphatic rings. The minimum absolute atomic E-state index is 0.151. The maximum Gasteiger partial charge on any atom is 0.321 e. The van der Waals surface area contributed by atoms with Gasteiger partial charge in [-0.05, 0) is 55.9 Å². The second-order valence-electron chi connectivity index (χ2n) is 7.98. The van der Waals surface area contributed by atoms with Crippen molar-refractivity contribution in [3.63, 3.8) is 0 Å². The third kappa shape index (κ3) is 3.75. The van der Waals surface area contributed by atoms with Gasteiger partial charge in [0.25, 0.3) is 0 Å². The van der Waals surface area contributed by atoms with E-state index in [9.17, 15) is 9.18 Å². The van der Waals surface area contributed by atoms with Crippen molar-refractivity contribution in [1.82, 2.24) is 19.3 Å². The molecule has 1 atom stereocenters. The molecule has 4 heterocycles. The summed E-state index contributed by atoms with van der Waals surface area (Å²) in [4.78, 5) is 23.1. The monoisotopic (exact) mass is 409 g/mol. The molecule has 1 N–H and O–H groups in total. The van der Waals surface area contributed by atoms with Crippen molar-refractivity contribution in [3.05, 3.63) is 48.2 Å². The fourth-order valence-corrected chi connectivity index (χ4v) is 4.18. The predicted octanol–water partition coefficient (Wildman–Crippen LogP) is 3.74. The van der Waals surface area contributed by atoms with E-state index in [0.29, 0.717) is 28.6 Å². The lowest BCUT2D eigenvalue weighted by molar-refractivity contribution is 0.185. The van der Waals surface area contributed by atoms with Crippen molar-refractivity contribution >= 4 is 17.5 Å². The molecule has 2 fully saturated rings. The van der Waals surface area contributed by atoms with Crippen LogP contribution in [0.2, 0.25) is 0 Å². The molecule has 2 amide bonds. The number of fused-ring (bicyclic) bond motifs is 1. The molecule has 5 rings (SSSR count). The van der Waals surface area contributed by atoms with Gasteiger partial charge in [-0.2, -0.15) is 0 Å². The number of carbonyl (C=O) groups excluding carboxylic acids is 1. The summed E-state index contributed by atoms with van der Waals surface area (Å²) in [5.74, 6) is 0.645. The Hall–Kier alpha value is -3.00. The van der Waals surface area contributed by atoms with Crippen LogP contribution in [-0.2, 0) is 11.2 Å². The van der Waals surface area contributed by atoms with Crippen LogP contribution in [0.4, 0.5) is 14.9 Å². The van der Waals surface area contributed by atoms with Crippen molar-refractivity contribution in [1.29, 1.82) is 0 Å². The number of ether oxygens (including phenoxy) is 1. The van der Waals surface area contributed by atoms with Crippen molar-refractivity contribution in [2.75, 3.05) is 31.6 Å². The molecule has 0 saturated carbocycles. The summed E-state index contributed by atoms with van der Waals surface area (Å²) < 4.78 is 22.0. The Morgan fingerprint density at radius 1 is 1.27 bits per heavy atom. The van der Waals surface area contributed by atoms with E-state index in [4.69, 9.17) is 4.74 Å². The summed E-state index contributed by atoms with van der Waals surface area (Å²) >= 11 is 0. The number of imidazole rings is 1. The van der Waals surface area contributed by atoms with Gasteiger partial charge in [0.1, 0.15) is 5.82 Å². The van der Waals surface area contributed by atoms with E-state index in [2.05, 4.69) is 15.3 Å². The molecule has 30 heavy (non-hydrogen) atoms. The maximum atomic E-state index is 14.6. The number of rotatable bonds is 4. The summed E-state index contributed by atoms with van der Waals surface area (Å²) in [6, 6.07) is 6.19. The van der Waals surface area contributed by atoms with E-state index >= 15 is 0 Å². The van der Waals surface area contributed by atoms with Crippen LogP contribution in [0.25, 0.3) is 17.0 Å². The highest BCUT2D eigenvalue weighted by molar-refractivity contribution is 5.90. The molecule has 0 bridgehead atoms. The summed E-state index contributed by atoms with van der Waals surface area (Å²) in [5.41, 5.74) is 2.45. The van der Waals surface area contributed by atoms with Gasteiger partial charge in [0.05, 0.1) is 11.9 Å². The third-order valence-electron chi connectivity index (χ3n) is 5.86. The zero-order valence-electron chi connectivity index (χ0n) is 16.7. The first-order valence-corrected chi connectivity index (χ1v) is 10.4. The number of aromatic nitrogens is 3. The van der Waals surface area contributed by atoms with E-state index in [1.807, 2.05) is 16.8 Å². The van der Waals surface area contributed by atoms with Crippen molar-refractivity contribution < 1.29 is 13.9 Å². The molecule has 0 aliphatic carbocycles. The third-order valence-corrected chi connectivity index (χ3v) is 5.86. The topological polar surface area (TPSA) is 71.8 Å². The highest BCUT2D eigenvalue weighted by Gasteiger charge is 2.20. The number of hydrogen-bond acceptors (Lipinski definition) is 4. The molecule has 1 aromatic carbocycles. The first kappa shape index (κ1) is 19.0. The average Bonchev–Trinajstić information content (AvgIpc) is 3.52. The van der Waals surface area contributed by atoms with Crippen LogP contribution < -0.4 is 5.32 Å². The number of nitrogens with one attached hydrogen (secondary N) is 1. The second-order valence-corrected chi connectivity index (χ2v) is 7.98. The lowest BCUT2D eigenvalue weighted by Crippen LogP contribution is -2.32. The van der Waals surface area contributed by atoms with Gasteiger partial charge in [-0.15, -0.1) is 0 Å². The Morgan fingerprint density at radius 3 is 2.93 bits per heavy atom. The molecular weight excluding hydrogens is 385 g/mol. The van der Waals surface area contributed by atoms with Crippen molar-refractivity contribution in [2.45, 2.75) is 25.7 Å². The molecule has 1 unspecified atom stereocenters. The summed E-state index contributed by atoms with van der Waals surface area (Å²) in [6.07, 6.45) is 7.69. The first-order valence-electron chi connectivity index (χ1n) is 10.4. The highest BCUT2D eigenvalue weighted by atomic mass is 19.1. The number of carbonyl (C=O) groups is 1. The number of amides is 2. The molecule has 7 nitrogen and oxygen atoms in total. The van der Waals surface area contributed by atoms with Crippen LogP contribution in [-0.4, -0.2) is 51.6 Å². The van der Waals surface area contributed by atoms with Gasteiger partial charge in [-0.3, -0.25) is 4.40 Å². The normalized spacial score (nSPS) is 19.0. The molecule has 2 aliphatic heterocycles. The van der Waals surface area contributed by atoms with E-state index in [1.54, 1.807) is 23.1 Å². The number of halogens is 1. The van der Waals surface area contributed by atoms with Crippen LogP contribution in [0.1, 0.15) is 25.0 Å². The van der Waals surface area contributed by atoms with E-state index in [1.165, 1.54) is 6.07 Å². The van der Waals surface area contributed by atoms with Crippen molar-refractivity contribution in [3.8, 4) is 11.3 Å². The van der Waals surface area contributed by atoms with E-state index in [-0.39, 0.29) is 11.8 Å². The van der Waals surface area contributed by atoms with Crippen LogP contribution in [0.3, 0.4) is 0 Å². The second kappa shape index (κ2) is 8.02. The van der Waals surface area contributed by atoms with Gasteiger partial charge in [-0.1, -0.05) is 0 Å². The fraction of sp³-hybridized carbons (Fsp3) is 0.409. The van der Waals surface area contributed by atoms with Gasteiger partial charge >= 0.3 is 6.03 Å². The van der Waals surface area contributed by atoms with Gasteiger partial charge in [-0.25, -0.2) is 19.2 Å². The fourth-order valence-electron chi connectivity index (χ4n) is 4.18. The van der Waals surface area contributed by atoms with Crippen LogP contribution in [0.15, 0.2) is 36.7 Å². The number of hydrogen-bond donors (Lipinski definition) is 1. The van der Waals surface area contributed by atoms with Crippen LogP contribution >= 0.6 is 0 Å². The SMILES string of the molecule is O=C(Nc1ccc(F)c(-c2ccn3c(CC4CCOC4)cnc3n2)c1)N1CCCC1. The number of nitrogens with zero attached hydrogens (tertiary/aromatic N) is 4. The predicted molar refractivity (Wildman–Crippen MR) is 111 cm³/mol. The van der Waals surface area contributed by atoms with Gasteiger partial charge in [0, 0.05) is 49.4 Å². The van der Waals surface area contributed by atoms with Gasteiger partial charge in [0.15, 0.2) is 0 Å². The largest absolute Gasteiger partial charge is 0.381 e. The Balaban J connectivity index is 1.39. The molecule has 3 aromatic rings. The van der Waals surface area contributed by atoms with Crippen molar-refractivity contribution in [2.24, 2.45) is 5.92 Å². The van der Waals surface area contributed by atoms with Crippen LogP contribution in [0.5, 0.6) is 0 Å². The quantitative estimate of drug-likeness (QED) is 0.713. The number of benzene rings is 1. The van der Waals surface area contributed by atoms with Gasteiger partial charge < -0.3 is 15.0 Å². The average molecular weight is 409 g/mol. The Labute approximate surface area is 173 Å². The molecule has 8 heteroatoms. The molecule has 2 aromatic heterocycles. The Morgan fingerprint density at radius 2 is 2.13 bits per heavy atom. The maximum absolute atomic E-state index is 14.6. The number of anilines is 1. The van der Waals surface area contributed by atoms with E-state index < -0.39 is 0 Å². The minimum Gasteiger partial charge on any atom is -0.381 e. The molecule has 156 valence electrons. The molecular formula is C22H24FN5O2. The summed E-state index contributed by atoms with van der Waals surface area (Å²) in [5, 5.41) is 2.86. The summed E-state index contributed by atoms with van der Waals surface area (Å²) in [6.45, 7) is 3.11. The Bertz CT molecular complexity index is 1070. The van der Waals surface area contributed by atoms with Crippen LogP contribution in [0, 0.1) is 11.7 Å². The molecule has 0 spiro atoms. The Kier molecular flexibility index (Phi) is 5.08.